The van der Waals surface area contributed by atoms with E-state index in [4.69, 9.17) is 23.2 Å². The Hall–Kier alpha value is -3.28. The summed E-state index contributed by atoms with van der Waals surface area (Å²) < 4.78 is 69.2. The molecule has 1 N–H and O–H groups in total. The minimum atomic E-state index is -4.88. The van der Waals surface area contributed by atoms with E-state index in [2.05, 4.69) is 5.32 Å². The molecule has 0 fully saturated rings. The zero-order chi connectivity index (χ0) is 30.4. The number of likely N-dealkylation sites (N-methyl/N-ethyl adjacent to an activating group) is 1. The molecular formula is C28H28Cl2F3N3O4S. The molecule has 1 atom stereocenters. The van der Waals surface area contributed by atoms with Crippen LogP contribution in [-0.4, -0.2) is 44.3 Å². The van der Waals surface area contributed by atoms with Crippen molar-refractivity contribution in [2.45, 2.75) is 43.9 Å². The molecule has 3 rings (SSSR count). The molecule has 0 aliphatic carbocycles. The summed E-state index contributed by atoms with van der Waals surface area (Å²) >= 11 is 11.8. The Morgan fingerprint density at radius 3 is 2.15 bits per heavy atom. The number of rotatable bonds is 11. The van der Waals surface area contributed by atoms with E-state index in [0.29, 0.717) is 21.0 Å². The van der Waals surface area contributed by atoms with E-state index in [1.807, 2.05) is 0 Å². The number of carbonyl (C=O) groups excluding carboxylic acids is 2. The van der Waals surface area contributed by atoms with Gasteiger partial charge in [0.05, 0.1) is 21.2 Å². The van der Waals surface area contributed by atoms with Gasteiger partial charge < -0.3 is 10.2 Å². The average Bonchev–Trinajstić information content (AvgIpc) is 2.93. The van der Waals surface area contributed by atoms with Gasteiger partial charge in [-0.2, -0.15) is 13.2 Å². The molecule has 0 bridgehead atoms. The quantitative estimate of drug-likeness (QED) is 0.276. The minimum absolute atomic E-state index is 0.0840. The molecule has 0 saturated heterocycles. The Labute approximate surface area is 246 Å². The van der Waals surface area contributed by atoms with Crippen LogP contribution in [0.4, 0.5) is 18.9 Å². The summed E-state index contributed by atoms with van der Waals surface area (Å²) in [7, 11) is -4.54. The van der Waals surface area contributed by atoms with Crippen LogP contribution in [-0.2, 0) is 32.3 Å². The van der Waals surface area contributed by atoms with Gasteiger partial charge in [0, 0.05) is 18.1 Å². The zero-order valence-corrected chi connectivity index (χ0v) is 24.5. The monoisotopic (exact) mass is 629 g/mol. The third-order valence-electron chi connectivity index (χ3n) is 6.16. The summed E-state index contributed by atoms with van der Waals surface area (Å²) in [5.74, 6) is -1.26. The lowest BCUT2D eigenvalue weighted by Gasteiger charge is -2.33. The van der Waals surface area contributed by atoms with Gasteiger partial charge in [-0.25, -0.2) is 8.42 Å². The summed E-state index contributed by atoms with van der Waals surface area (Å²) in [5.41, 5.74) is -1.07. The summed E-state index contributed by atoms with van der Waals surface area (Å²) in [6.45, 7) is 2.72. The Morgan fingerprint density at radius 1 is 0.951 bits per heavy atom. The predicted molar refractivity (Wildman–Crippen MR) is 152 cm³/mol. The zero-order valence-electron chi connectivity index (χ0n) is 22.2. The van der Waals surface area contributed by atoms with Crippen LogP contribution in [0.15, 0.2) is 77.7 Å². The fraction of sp³-hybridized carbons (Fsp3) is 0.286. The van der Waals surface area contributed by atoms with E-state index in [1.54, 1.807) is 44.2 Å². The van der Waals surface area contributed by atoms with Crippen LogP contribution in [0.25, 0.3) is 0 Å². The highest BCUT2D eigenvalue weighted by Gasteiger charge is 2.37. The molecule has 0 saturated carbocycles. The van der Waals surface area contributed by atoms with Crippen molar-refractivity contribution in [1.29, 1.82) is 0 Å². The second kappa shape index (κ2) is 13.6. The Balaban J connectivity index is 2.13. The summed E-state index contributed by atoms with van der Waals surface area (Å²) in [6, 6.07) is 15.1. The fourth-order valence-corrected chi connectivity index (χ4v) is 5.91. The van der Waals surface area contributed by atoms with Crippen LogP contribution in [0.5, 0.6) is 0 Å². The van der Waals surface area contributed by atoms with Crippen LogP contribution in [0.3, 0.4) is 0 Å². The maximum Gasteiger partial charge on any atom is 0.417 e. The SMILES string of the molecule is CCNC(=O)[C@@H](CC)N(Cc1ccc(Cl)cc1)C(=O)CN(c1ccc(Cl)c(C(F)(F)F)c1)S(=O)(=O)c1ccccc1. The number of sulfonamides is 1. The molecule has 0 radical (unpaired) electrons. The number of hydrogen-bond acceptors (Lipinski definition) is 4. The van der Waals surface area contributed by atoms with Gasteiger partial charge in [0.2, 0.25) is 11.8 Å². The average molecular weight is 631 g/mol. The molecule has 0 spiro atoms. The van der Waals surface area contributed by atoms with Gasteiger partial charge in [-0.1, -0.05) is 60.5 Å². The lowest BCUT2D eigenvalue weighted by atomic mass is 10.1. The maximum atomic E-state index is 13.9. The smallest absolute Gasteiger partial charge is 0.355 e. The van der Waals surface area contributed by atoms with Crippen LogP contribution >= 0.6 is 23.2 Å². The third kappa shape index (κ3) is 7.93. The summed E-state index contributed by atoms with van der Waals surface area (Å²) in [6.07, 6.45) is -4.69. The maximum absolute atomic E-state index is 13.9. The predicted octanol–water partition coefficient (Wildman–Crippen LogP) is 6.15. The fourth-order valence-electron chi connectivity index (χ4n) is 4.13. The highest BCUT2D eigenvalue weighted by atomic mass is 35.5. The molecule has 0 aliphatic heterocycles. The molecule has 0 aliphatic rings. The van der Waals surface area contributed by atoms with E-state index in [9.17, 15) is 31.2 Å². The molecule has 41 heavy (non-hydrogen) atoms. The van der Waals surface area contributed by atoms with E-state index in [-0.39, 0.29) is 24.4 Å². The molecular weight excluding hydrogens is 602 g/mol. The molecule has 2 amide bonds. The topological polar surface area (TPSA) is 86.8 Å². The first-order valence-corrected chi connectivity index (χ1v) is 14.7. The number of halogens is 5. The van der Waals surface area contributed by atoms with Crippen molar-refractivity contribution in [2.24, 2.45) is 0 Å². The molecule has 3 aromatic carbocycles. The third-order valence-corrected chi connectivity index (χ3v) is 8.53. The van der Waals surface area contributed by atoms with Gasteiger partial charge in [0.15, 0.2) is 0 Å². The number of anilines is 1. The second-order valence-electron chi connectivity index (χ2n) is 8.95. The molecule has 3 aromatic rings. The van der Waals surface area contributed by atoms with E-state index >= 15 is 0 Å². The Bertz CT molecular complexity index is 1470. The number of benzene rings is 3. The highest BCUT2D eigenvalue weighted by Crippen LogP contribution is 2.38. The van der Waals surface area contributed by atoms with Gasteiger partial charge >= 0.3 is 6.18 Å². The van der Waals surface area contributed by atoms with Crippen molar-refractivity contribution >= 4 is 50.7 Å². The molecule has 0 unspecified atom stereocenters. The van der Waals surface area contributed by atoms with Crippen LogP contribution in [0.2, 0.25) is 10.0 Å². The number of hydrogen-bond donors (Lipinski definition) is 1. The number of amides is 2. The van der Waals surface area contributed by atoms with Gasteiger partial charge in [-0.3, -0.25) is 13.9 Å². The van der Waals surface area contributed by atoms with E-state index < -0.39 is 56.9 Å². The second-order valence-corrected chi connectivity index (χ2v) is 11.7. The standard InChI is InChI=1S/C28H28Cl2F3N3O4S/c1-3-25(27(38)34-4-2)35(17-19-10-12-20(29)13-11-19)26(37)18-36(41(39,40)22-8-6-5-7-9-22)21-14-15-24(30)23(16-21)28(31,32)33/h5-16,25H,3-4,17-18H2,1-2H3,(H,34,38)/t25-/m1/s1. The van der Waals surface area contributed by atoms with Gasteiger partial charge in [-0.15, -0.1) is 0 Å². The Kier molecular flexibility index (Phi) is 10.7. The Morgan fingerprint density at radius 2 is 1.59 bits per heavy atom. The first-order valence-electron chi connectivity index (χ1n) is 12.6. The molecule has 0 aromatic heterocycles. The molecule has 0 heterocycles. The van der Waals surface area contributed by atoms with Gasteiger partial charge in [0.1, 0.15) is 12.6 Å². The number of carbonyl (C=O) groups is 2. The molecule has 13 heteroatoms. The molecule has 220 valence electrons. The number of nitrogens with one attached hydrogen (secondary N) is 1. The van der Waals surface area contributed by atoms with Crippen LogP contribution in [0.1, 0.15) is 31.4 Å². The summed E-state index contributed by atoms with van der Waals surface area (Å²) in [5, 5.41) is 2.49. The summed E-state index contributed by atoms with van der Waals surface area (Å²) in [4.78, 5) is 27.8. The van der Waals surface area contributed by atoms with E-state index in [1.165, 1.54) is 29.2 Å². The normalized spacial score (nSPS) is 12.5. The van der Waals surface area contributed by atoms with Crippen molar-refractivity contribution < 1.29 is 31.2 Å². The van der Waals surface area contributed by atoms with Gasteiger partial charge in [0.25, 0.3) is 10.0 Å². The van der Waals surface area contributed by atoms with Crippen molar-refractivity contribution in [1.82, 2.24) is 10.2 Å². The van der Waals surface area contributed by atoms with Crippen molar-refractivity contribution in [3.8, 4) is 0 Å². The first kappa shape index (κ1) is 32.2. The lowest BCUT2D eigenvalue weighted by molar-refractivity contribution is -0.140. The van der Waals surface area contributed by atoms with Crippen LogP contribution in [0, 0.1) is 0 Å². The number of nitrogens with zero attached hydrogens (tertiary/aromatic N) is 2. The van der Waals surface area contributed by atoms with Crippen molar-refractivity contribution in [2.75, 3.05) is 17.4 Å². The number of alkyl halides is 3. The highest BCUT2D eigenvalue weighted by molar-refractivity contribution is 7.92. The van der Waals surface area contributed by atoms with Gasteiger partial charge in [-0.05, 0) is 61.4 Å². The lowest BCUT2D eigenvalue weighted by Crippen LogP contribution is -2.52. The minimum Gasteiger partial charge on any atom is -0.355 e. The van der Waals surface area contributed by atoms with Crippen molar-refractivity contribution in [3.63, 3.8) is 0 Å². The van der Waals surface area contributed by atoms with E-state index in [0.717, 1.165) is 12.1 Å². The van der Waals surface area contributed by atoms with Crippen LogP contribution < -0.4 is 9.62 Å². The molecule has 7 nitrogen and oxygen atoms in total. The first-order chi connectivity index (χ1) is 19.3. The largest absolute Gasteiger partial charge is 0.417 e. The van der Waals surface area contributed by atoms with Crippen molar-refractivity contribution in [3.05, 3.63) is 94.0 Å².